The number of sulfonamides is 1. The number of benzene rings is 1. The van der Waals surface area contributed by atoms with E-state index in [2.05, 4.69) is 27.3 Å². The summed E-state index contributed by atoms with van der Waals surface area (Å²) in [6.07, 6.45) is 7.94. The highest BCUT2D eigenvalue weighted by atomic mass is 32.2. The molecule has 1 aromatic carbocycles. The van der Waals surface area contributed by atoms with Gasteiger partial charge in [-0.15, -0.1) is 0 Å². The standard InChI is InChI=1S/C39H53N5O9S/c1-23-12-7-8-13-25-20-39(25,36(47)43-54(49,50)27-14-11-15-27)42-33(45)30-19-26(52-34-29-17-10-9-16-28(29)31(51-6)21-40-34)22-44(30)35(46)32(24(2)18-23)41-37(48)53-38(3,4)5/h8-10,13,16-17,21,23-27,30,32H,7,11-12,14-15,18-20,22H2,1-6H3,(H,41,48)(H,42,45)(H,43,47)/b13-8-/t23?,24-,25-,26-,30+,32+,39-/m1/s1. The lowest BCUT2D eigenvalue weighted by molar-refractivity contribution is -0.142. The molecule has 3 heterocycles. The largest absolute Gasteiger partial charge is 0.494 e. The van der Waals surface area contributed by atoms with E-state index >= 15 is 0 Å². The maximum absolute atomic E-state index is 14.7. The maximum atomic E-state index is 14.7. The first-order chi connectivity index (χ1) is 25.5. The Morgan fingerprint density at radius 3 is 2.44 bits per heavy atom. The molecule has 1 unspecified atom stereocenters. The van der Waals surface area contributed by atoms with Gasteiger partial charge < -0.3 is 29.7 Å². The number of aromatic nitrogens is 1. The number of carbonyl (C=O) groups excluding carboxylic acids is 4. The number of pyridine rings is 1. The number of nitrogens with one attached hydrogen (secondary N) is 3. The predicted molar refractivity (Wildman–Crippen MR) is 201 cm³/mol. The highest BCUT2D eigenvalue weighted by molar-refractivity contribution is 7.90. The third-order valence-electron chi connectivity index (χ3n) is 11.0. The highest BCUT2D eigenvalue weighted by Crippen LogP contribution is 2.46. The molecule has 4 aliphatic rings. The van der Waals surface area contributed by atoms with Crippen molar-refractivity contribution in [1.29, 1.82) is 0 Å². The van der Waals surface area contributed by atoms with E-state index in [9.17, 15) is 27.6 Å². The summed E-state index contributed by atoms with van der Waals surface area (Å²) in [7, 11) is -2.38. The van der Waals surface area contributed by atoms with Gasteiger partial charge in [0, 0.05) is 23.1 Å². The Bertz CT molecular complexity index is 1910. The van der Waals surface area contributed by atoms with Gasteiger partial charge in [-0.3, -0.25) is 19.1 Å². The molecule has 6 rings (SSSR count). The minimum Gasteiger partial charge on any atom is -0.494 e. The molecule has 54 heavy (non-hydrogen) atoms. The van der Waals surface area contributed by atoms with E-state index < -0.39 is 74.3 Å². The van der Waals surface area contributed by atoms with Crippen LogP contribution in [0, 0.1) is 17.8 Å². The number of rotatable bonds is 7. The fraction of sp³-hybridized carbons (Fsp3) is 0.615. The van der Waals surface area contributed by atoms with Crippen molar-refractivity contribution >= 4 is 44.6 Å². The Morgan fingerprint density at radius 1 is 1.06 bits per heavy atom. The van der Waals surface area contributed by atoms with Gasteiger partial charge in [-0.2, -0.15) is 0 Å². The van der Waals surface area contributed by atoms with E-state index in [1.165, 1.54) is 4.90 Å². The van der Waals surface area contributed by atoms with Crippen LogP contribution in [0.25, 0.3) is 10.8 Å². The van der Waals surface area contributed by atoms with Crippen LogP contribution in [0.2, 0.25) is 0 Å². The van der Waals surface area contributed by atoms with E-state index in [0.717, 1.165) is 18.2 Å². The van der Waals surface area contributed by atoms with Gasteiger partial charge in [0.05, 0.1) is 25.1 Å². The Hall–Kier alpha value is -4.40. The summed E-state index contributed by atoms with van der Waals surface area (Å²) in [5, 5.41) is 6.52. The van der Waals surface area contributed by atoms with Gasteiger partial charge in [0.1, 0.15) is 35.1 Å². The summed E-state index contributed by atoms with van der Waals surface area (Å²) in [4.78, 5) is 62.2. The number of alkyl carbamates (subject to hydrolysis) is 1. The zero-order valence-corrected chi connectivity index (χ0v) is 32.7. The molecule has 4 amide bonds. The lowest BCUT2D eigenvalue weighted by atomic mass is 9.88. The molecule has 0 radical (unpaired) electrons. The van der Waals surface area contributed by atoms with Crippen molar-refractivity contribution in [3.8, 4) is 11.6 Å². The zero-order valence-electron chi connectivity index (χ0n) is 31.9. The zero-order chi connectivity index (χ0) is 39.0. The molecule has 2 aromatic rings. The maximum Gasteiger partial charge on any atom is 0.408 e. The smallest absolute Gasteiger partial charge is 0.408 e. The van der Waals surface area contributed by atoms with Crippen LogP contribution in [-0.2, 0) is 29.1 Å². The molecule has 3 N–H and O–H groups in total. The number of fused-ring (bicyclic) bond motifs is 3. The third-order valence-corrected chi connectivity index (χ3v) is 12.9. The molecule has 294 valence electrons. The summed E-state index contributed by atoms with van der Waals surface area (Å²) in [6, 6.07) is 5.27. The molecule has 14 nitrogen and oxygen atoms in total. The second-order valence-corrected chi connectivity index (χ2v) is 18.4. The topological polar surface area (TPSA) is 182 Å². The van der Waals surface area contributed by atoms with Gasteiger partial charge in [-0.1, -0.05) is 50.6 Å². The first-order valence-corrected chi connectivity index (χ1v) is 20.5. The monoisotopic (exact) mass is 767 g/mol. The van der Waals surface area contributed by atoms with Crippen molar-refractivity contribution in [3.05, 3.63) is 42.6 Å². The Balaban J connectivity index is 1.35. The van der Waals surface area contributed by atoms with Crippen molar-refractivity contribution in [2.75, 3.05) is 13.7 Å². The van der Waals surface area contributed by atoms with Crippen LogP contribution in [0.15, 0.2) is 42.6 Å². The van der Waals surface area contributed by atoms with Crippen molar-refractivity contribution < 1.29 is 41.8 Å². The minimum atomic E-state index is -3.93. The van der Waals surface area contributed by atoms with E-state index in [0.29, 0.717) is 42.7 Å². The van der Waals surface area contributed by atoms with Crippen LogP contribution in [0.3, 0.4) is 0 Å². The molecule has 1 saturated heterocycles. The van der Waals surface area contributed by atoms with Gasteiger partial charge in [-0.25, -0.2) is 18.2 Å². The molecule has 1 aromatic heterocycles. The molecule has 7 atom stereocenters. The van der Waals surface area contributed by atoms with Gasteiger partial charge in [-0.05, 0) is 77.2 Å². The number of nitrogens with zero attached hydrogens (tertiary/aromatic N) is 2. The van der Waals surface area contributed by atoms with Crippen LogP contribution < -0.4 is 24.8 Å². The van der Waals surface area contributed by atoms with Crippen molar-refractivity contribution in [1.82, 2.24) is 25.2 Å². The van der Waals surface area contributed by atoms with Gasteiger partial charge in [0.25, 0.3) is 5.91 Å². The van der Waals surface area contributed by atoms with Gasteiger partial charge in [0.15, 0.2) is 0 Å². The molecule has 2 aliphatic heterocycles. The highest BCUT2D eigenvalue weighted by Gasteiger charge is 2.62. The lowest BCUT2D eigenvalue weighted by Crippen LogP contribution is -2.59. The molecule has 15 heteroatoms. The summed E-state index contributed by atoms with van der Waals surface area (Å²) in [5.41, 5.74) is -2.33. The molecule has 3 fully saturated rings. The van der Waals surface area contributed by atoms with Gasteiger partial charge in [0.2, 0.25) is 27.7 Å². The van der Waals surface area contributed by atoms with Crippen molar-refractivity contribution in [2.24, 2.45) is 17.8 Å². The first-order valence-electron chi connectivity index (χ1n) is 18.9. The average molecular weight is 768 g/mol. The summed E-state index contributed by atoms with van der Waals surface area (Å²) in [5.74, 6) is -1.68. The van der Waals surface area contributed by atoms with Crippen LogP contribution in [0.1, 0.15) is 86.0 Å². The van der Waals surface area contributed by atoms with Crippen molar-refractivity contribution in [2.45, 2.75) is 121 Å². The Kier molecular flexibility index (Phi) is 11.2. The fourth-order valence-corrected chi connectivity index (χ4v) is 9.35. The number of hydrogen-bond acceptors (Lipinski definition) is 10. The molecule has 2 saturated carbocycles. The van der Waals surface area contributed by atoms with Crippen LogP contribution in [0.5, 0.6) is 11.6 Å². The number of amides is 4. The number of ether oxygens (including phenoxy) is 3. The lowest BCUT2D eigenvalue weighted by Gasteiger charge is -2.33. The Labute approximate surface area is 317 Å². The number of carbonyl (C=O) groups is 4. The van der Waals surface area contributed by atoms with Crippen LogP contribution in [0.4, 0.5) is 4.79 Å². The van der Waals surface area contributed by atoms with Crippen molar-refractivity contribution in [3.63, 3.8) is 0 Å². The molecule has 0 spiro atoms. The minimum absolute atomic E-state index is 0.0215. The first kappa shape index (κ1) is 39.3. The summed E-state index contributed by atoms with van der Waals surface area (Å²) < 4.78 is 45.9. The summed E-state index contributed by atoms with van der Waals surface area (Å²) in [6.45, 7) is 9.16. The number of methoxy groups -OCH3 is 1. The van der Waals surface area contributed by atoms with E-state index in [1.807, 2.05) is 43.3 Å². The predicted octanol–water partition coefficient (Wildman–Crippen LogP) is 4.37. The van der Waals surface area contributed by atoms with E-state index in [1.54, 1.807) is 34.1 Å². The normalized spacial score (nSPS) is 30.0. The van der Waals surface area contributed by atoms with Gasteiger partial charge >= 0.3 is 6.09 Å². The second kappa shape index (κ2) is 15.4. The molecular weight excluding hydrogens is 715 g/mol. The van der Waals surface area contributed by atoms with Crippen LogP contribution >= 0.6 is 0 Å². The second-order valence-electron chi connectivity index (χ2n) is 16.4. The number of allylic oxidation sites excluding steroid dienone is 1. The van der Waals surface area contributed by atoms with Crippen LogP contribution in [-0.4, -0.2) is 90.3 Å². The quantitative estimate of drug-likeness (QED) is 0.342. The molecule has 0 bridgehead atoms. The SMILES string of the molecule is COc1cnc(O[C@@H]2C[C@H]3C(=O)N[C@]4(C(=O)NS(=O)(=O)C5CCC5)C[C@H]4/C=C\CCC(C)C[C@@H](C)[C@H](NC(=O)OC(C)(C)C)C(=O)N3C2)c2ccccc12. The van der Waals surface area contributed by atoms with E-state index in [4.69, 9.17) is 14.2 Å². The fourth-order valence-electron chi connectivity index (χ4n) is 7.79. The van der Waals surface area contributed by atoms with E-state index in [-0.39, 0.29) is 31.2 Å². The molecule has 2 aliphatic carbocycles. The number of hydrogen-bond donors (Lipinski definition) is 3. The summed E-state index contributed by atoms with van der Waals surface area (Å²) >= 11 is 0. The average Bonchev–Trinajstić information content (AvgIpc) is 3.60. The molecular formula is C39H53N5O9S. The third kappa shape index (κ3) is 8.45. The Morgan fingerprint density at radius 2 is 1.78 bits per heavy atom.